The number of methoxy groups -OCH3 is 1. The minimum atomic E-state index is -3.34. The van der Waals surface area contributed by atoms with Gasteiger partial charge in [0.05, 0.1) is 23.8 Å². The Hall–Kier alpha value is -1.84. The number of hydrogen-bond acceptors (Lipinski definition) is 6. The Morgan fingerprint density at radius 1 is 1.30 bits per heavy atom. The summed E-state index contributed by atoms with van der Waals surface area (Å²) < 4.78 is 32.1. The zero-order valence-electron chi connectivity index (χ0n) is 16.1. The lowest BCUT2D eigenvalue weighted by Gasteiger charge is -2.13. The van der Waals surface area contributed by atoms with Gasteiger partial charge in [0.25, 0.3) is 0 Å². The standard InChI is InChI=1S/C18H25N3O4S2/c1-12-13(2)21(10-11-25-4)18(19-12)26-14(3)17(22)15-6-8-16(9-7-15)20-27(5,23)24/h6-9,14,20H,10-11H2,1-5H3. The molecule has 0 saturated carbocycles. The van der Waals surface area contributed by atoms with Crippen LogP contribution in [0.25, 0.3) is 0 Å². The molecular formula is C18H25N3O4S2. The highest BCUT2D eigenvalue weighted by atomic mass is 32.2. The molecule has 1 aromatic carbocycles. The van der Waals surface area contributed by atoms with Crippen molar-refractivity contribution < 1.29 is 17.9 Å². The first-order chi connectivity index (χ1) is 12.6. The summed E-state index contributed by atoms with van der Waals surface area (Å²) in [5, 5.41) is 0.458. The van der Waals surface area contributed by atoms with Crippen LogP contribution in [0.4, 0.5) is 5.69 Å². The molecule has 148 valence electrons. The molecule has 0 aliphatic carbocycles. The molecule has 2 aromatic rings. The number of Topliss-reactive ketones (excluding diaryl/α,β-unsaturated/α-hetero) is 1. The van der Waals surface area contributed by atoms with E-state index in [9.17, 15) is 13.2 Å². The first kappa shape index (κ1) is 21.5. The summed E-state index contributed by atoms with van der Waals surface area (Å²) in [6, 6.07) is 6.42. The Morgan fingerprint density at radius 3 is 2.48 bits per heavy atom. The Labute approximate surface area is 164 Å². The molecule has 0 aliphatic rings. The highest BCUT2D eigenvalue weighted by Crippen LogP contribution is 2.27. The number of anilines is 1. The molecule has 1 heterocycles. The van der Waals surface area contributed by atoms with Crippen molar-refractivity contribution >= 4 is 33.3 Å². The van der Waals surface area contributed by atoms with E-state index in [0.717, 1.165) is 22.8 Å². The topological polar surface area (TPSA) is 90.3 Å². The van der Waals surface area contributed by atoms with E-state index in [-0.39, 0.29) is 11.0 Å². The second kappa shape index (κ2) is 8.90. The Kier molecular flexibility index (Phi) is 7.07. The number of hydrogen-bond donors (Lipinski definition) is 1. The van der Waals surface area contributed by atoms with Gasteiger partial charge in [-0.1, -0.05) is 11.8 Å². The maximum atomic E-state index is 12.7. The van der Waals surface area contributed by atoms with Crippen molar-refractivity contribution in [2.45, 2.75) is 37.7 Å². The summed E-state index contributed by atoms with van der Waals surface area (Å²) in [4.78, 5) is 17.3. The van der Waals surface area contributed by atoms with E-state index in [1.807, 2.05) is 20.8 Å². The highest BCUT2D eigenvalue weighted by Gasteiger charge is 2.21. The molecule has 7 nitrogen and oxygen atoms in total. The largest absolute Gasteiger partial charge is 0.383 e. The van der Waals surface area contributed by atoms with E-state index in [0.29, 0.717) is 24.4 Å². The molecule has 9 heteroatoms. The number of nitrogens with one attached hydrogen (secondary N) is 1. The van der Waals surface area contributed by atoms with Gasteiger partial charge in [-0.15, -0.1) is 0 Å². The number of carbonyl (C=O) groups excluding carboxylic acids is 1. The van der Waals surface area contributed by atoms with E-state index >= 15 is 0 Å². The van der Waals surface area contributed by atoms with E-state index in [1.54, 1.807) is 31.4 Å². The third-order valence-electron chi connectivity index (χ3n) is 4.07. The van der Waals surface area contributed by atoms with Crippen LogP contribution in [-0.2, 0) is 21.3 Å². The number of ether oxygens (including phenoxy) is 1. The zero-order valence-corrected chi connectivity index (χ0v) is 17.8. The average Bonchev–Trinajstić information content (AvgIpc) is 2.85. The van der Waals surface area contributed by atoms with Gasteiger partial charge in [-0.25, -0.2) is 13.4 Å². The second-order valence-corrected chi connectivity index (χ2v) is 9.34. The van der Waals surface area contributed by atoms with Gasteiger partial charge in [0.1, 0.15) is 0 Å². The molecule has 0 amide bonds. The van der Waals surface area contributed by atoms with Crippen LogP contribution in [0.2, 0.25) is 0 Å². The number of benzene rings is 1. The molecule has 1 unspecified atom stereocenters. The van der Waals surface area contributed by atoms with Gasteiger partial charge < -0.3 is 9.30 Å². The van der Waals surface area contributed by atoms with Crippen molar-refractivity contribution in [3.05, 3.63) is 41.2 Å². The number of thioether (sulfide) groups is 1. The van der Waals surface area contributed by atoms with Crippen molar-refractivity contribution in [3.63, 3.8) is 0 Å². The number of aryl methyl sites for hydroxylation is 1. The number of rotatable bonds is 9. The fraction of sp³-hybridized carbons (Fsp3) is 0.444. The molecule has 0 aliphatic heterocycles. The van der Waals surface area contributed by atoms with Gasteiger partial charge in [0.2, 0.25) is 10.0 Å². The summed E-state index contributed by atoms with van der Waals surface area (Å²) >= 11 is 1.41. The maximum Gasteiger partial charge on any atom is 0.229 e. The van der Waals surface area contributed by atoms with E-state index in [2.05, 4.69) is 14.3 Å². The Morgan fingerprint density at radius 2 is 1.93 bits per heavy atom. The number of aromatic nitrogens is 2. The van der Waals surface area contributed by atoms with E-state index in [4.69, 9.17) is 4.74 Å². The van der Waals surface area contributed by atoms with E-state index < -0.39 is 10.0 Å². The monoisotopic (exact) mass is 411 g/mol. The number of nitrogens with zero attached hydrogens (tertiary/aromatic N) is 2. The lowest BCUT2D eigenvalue weighted by atomic mass is 10.1. The van der Waals surface area contributed by atoms with Gasteiger partial charge in [-0.2, -0.15) is 0 Å². The third kappa shape index (κ3) is 5.82. The minimum Gasteiger partial charge on any atom is -0.383 e. The first-order valence-corrected chi connectivity index (χ1v) is 11.2. The normalized spacial score (nSPS) is 12.8. The molecule has 0 fully saturated rings. The van der Waals surface area contributed by atoms with Crippen LogP contribution >= 0.6 is 11.8 Å². The van der Waals surface area contributed by atoms with Crippen LogP contribution in [0, 0.1) is 13.8 Å². The smallest absolute Gasteiger partial charge is 0.229 e. The fourth-order valence-electron chi connectivity index (χ4n) is 2.52. The number of ketones is 1. The number of imidazole rings is 1. The first-order valence-electron chi connectivity index (χ1n) is 8.43. The van der Waals surface area contributed by atoms with E-state index in [1.165, 1.54) is 11.8 Å². The molecular weight excluding hydrogens is 386 g/mol. The van der Waals surface area contributed by atoms with Crippen LogP contribution in [0.15, 0.2) is 29.4 Å². The van der Waals surface area contributed by atoms with Crippen molar-refractivity contribution in [2.75, 3.05) is 24.7 Å². The Bertz CT molecular complexity index is 905. The van der Waals surface area contributed by atoms with Gasteiger partial charge in [-0.05, 0) is 45.0 Å². The van der Waals surface area contributed by atoms with Gasteiger partial charge in [0.15, 0.2) is 10.9 Å². The molecule has 0 bridgehead atoms. The number of sulfonamides is 1. The molecule has 0 spiro atoms. The van der Waals surface area contributed by atoms with Crippen LogP contribution in [0.1, 0.15) is 28.7 Å². The lowest BCUT2D eigenvalue weighted by Crippen LogP contribution is -2.16. The van der Waals surface area contributed by atoms with Crippen molar-refractivity contribution in [1.29, 1.82) is 0 Å². The average molecular weight is 412 g/mol. The van der Waals surface area contributed by atoms with Crippen LogP contribution in [0.3, 0.4) is 0 Å². The van der Waals surface area contributed by atoms with Gasteiger partial charge in [-0.3, -0.25) is 9.52 Å². The van der Waals surface area contributed by atoms with Crippen LogP contribution in [-0.4, -0.2) is 49.0 Å². The molecule has 0 saturated heterocycles. The predicted molar refractivity (Wildman–Crippen MR) is 108 cm³/mol. The quantitative estimate of drug-likeness (QED) is 0.504. The molecule has 1 aromatic heterocycles. The zero-order chi connectivity index (χ0) is 20.2. The lowest BCUT2D eigenvalue weighted by molar-refractivity contribution is 0.0994. The van der Waals surface area contributed by atoms with Crippen LogP contribution < -0.4 is 4.72 Å². The summed E-state index contributed by atoms with van der Waals surface area (Å²) in [5.41, 5.74) is 2.95. The summed E-state index contributed by atoms with van der Waals surface area (Å²) in [6.45, 7) is 7.04. The second-order valence-electron chi connectivity index (χ2n) is 6.29. The Balaban J connectivity index is 2.13. The number of carbonyl (C=O) groups is 1. The fourth-order valence-corrected chi connectivity index (χ4v) is 4.19. The molecule has 0 radical (unpaired) electrons. The van der Waals surface area contributed by atoms with Crippen molar-refractivity contribution in [2.24, 2.45) is 0 Å². The predicted octanol–water partition coefficient (Wildman–Crippen LogP) is 2.88. The summed E-state index contributed by atoms with van der Waals surface area (Å²) in [6.07, 6.45) is 1.08. The third-order valence-corrected chi connectivity index (χ3v) is 5.76. The minimum absolute atomic E-state index is 0.0393. The maximum absolute atomic E-state index is 12.7. The molecule has 1 atom stereocenters. The molecule has 27 heavy (non-hydrogen) atoms. The van der Waals surface area contributed by atoms with Crippen molar-refractivity contribution in [3.8, 4) is 0 Å². The highest BCUT2D eigenvalue weighted by molar-refractivity contribution is 8.00. The molecule has 1 N–H and O–H groups in total. The SMILES string of the molecule is COCCn1c(SC(C)C(=O)c2ccc(NS(C)(=O)=O)cc2)nc(C)c1C. The summed E-state index contributed by atoms with van der Waals surface area (Å²) in [5.74, 6) is -0.0393. The summed E-state index contributed by atoms with van der Waals surface area (Å²) in [7, 11) is -1.69. The van der Waals surface area contributed by atoms with Crippen molar-refractivity contribution in [1.82, 2.24) is 9.55 Å². The van der Waals surface area contributed by atoms with Gasteiger partial charge in [0, 0.05) is 30.6 Å². The molecule has 2 rings (SSSR count). The van der Waals surface area contributed by atoms with Gasteiger partial charge >= 0.3 is 0 Å². The van der Waals surface area contributed by atoms with Crippen LogP contribution in [0.5, 0.6) is 0 Å².